The van der Waals surface area contributed by atoms with Gasteiger partial charge in [0.2, 0.25) is 0 Å². The molecule has 30 heavy (non-hydrogen) atoms. The molecule has 0 aliphatic carbocycles. The first kappa shape index (κ1) is 21.5. The van der Waals surface area contributed by atoms with Gasteiger partial charge in [-0.3, -0.25) is 0 Å². The molecule has 0 spiro atoms. The molecule has 3 aromatic rings. The van der Waals surface area contributed by atoms with E-state index in [4.69, 9.17) is 10.5 Å². The van der Waals surface area contributed by atoms with E-state index in [-0.39, 0.29) is 24.3 Å². The third-order valence-electron chi connectivity index (χ3n) is 4.86. The summed E-state index contributed by atoms with van der Waals surface area (Å²) in [6.45, 7) is 6.56. The average molecular weight is 408 g/mol. The number of ether oxygens (including phenoxy) is 1. The molecule has 0 radical (unpaired) electrons. The fourth-order valence-corrected chi connectivity index (χ4v) is 3.08. The van der Waals surface area contributed by atoms with Crippen LogP contribution >= 0.6 is 0 Å². The number of hydrogen-bond donors (Lipinski definition) is 2. The minimum absolute atomic E-state index is 0.0134. The fourth-order valence-electron chi connectivity index (χ4n) is 3.08. The zero-order chi connectivity index (χ0) is 21.5. The molecule has 0 heterocycles. The second kappa shape index (κ2) is 10.0. The van der Waals surface area contributed by atoms with Crippen LogP contribution in [0.2, 0.25) is 0 Å². The van der Waals surface area contributed by atoms with Crippen molar-refractivity contribution in [1.29, 1.82) is 0 Å². The van der Waals surface area contributed by atoms with Crippen molar-refractivity contribution < 1.29 is 13.5 Å². The van der Waals surface area contributed by atoms with E-state index in [1.54, 1.807) is 12.1 Å². The Morgan fingerprint density at radius 3 is 2.30 bits per heavy atom. The highest BCUT2D eigenvalue weighted by molar-refractivity contribution is 5.41. The summed E-state index contributed by atoms with van der Waals surface area (Å²) in [6.07, 6.45) is 0.517. The van der Waals surface area contributed by atoms with Crippen LogP contribution < -0.4 is 15.8 Å². The summed E-state index contributed by atoms with van der Waals surface area (Å²) in [4.78, 5) is 0. The minimum Gasteiger partial charge on any atom is -0.489 e. The normalized spacial score (nSPS) is 11.8. The van der Waals surface area contributed by atoms with Gasteiger partial charge in [0.15, 0.2) is 0 Å². The van der Waals surface area contributed by atoms with Crippen molar-refractivity contribution in [2.75, 3.05) is 0 Å². The standard InChI is InChI=1S/C25H26F2N2O/c1-17(28)18(2)29-15-20-9-10-25(30-16-21-6-4-8-24(27)14-21)22(12-20)11-19-5-3-7-23(26)13-19/h3-10,12-14,18,29H,1,11,15-16,28H2,2H3. The summed E-state index contributed by atoms with van der Waals surface area (Å²) >= 11 is 0. The highest BCUT2D eigenvalue weighted by Crippen LogP contribution is 2.25. The maximum absolute atomic E-state index is 13.6. The first-order chi connectivity index (χ1) is 14.4. The van der Waals surface area contributed by atoms with Gasteiger partial charge in [0.1, 0.15) is 24.0 Å². The Hall–Kier alpha value is -3.18. The molecule has 0 fully saturated rings. The van der Waals surface area contributed by atoms with Crippen molar-refractivity contribution in [1.82, 2.24) is 5.32 Å². The number of benzene rings is 3. The second-order valence-electron chi connectivity index (χ2n) is 7.34. The number of nitrogens with one attached hydrogen (secondary N) is 1. The molecule has 1 unspecified atom stereocenters. The maximum Gasteiger partial charge on any atom is 0.123 e. The van der Waals surface area contributed by atoms with Crippen LogP contribution in [-0.2, 0) is 19.6 Å². The van der Waals surface area contributed by atoms with E-state index in [0.29, 0.717) is 24.4 Å². The van der Waals surface area contributed by atoms with E-state index in [1.807, 2.05) is 37.3 Å². The summed E-state index contributed by atoms with van der Waals surface area (Å²) in [5.74, 6) is 0.111. The van der Waals surface area contributed by atoms with E-state index in [1.165, 1.54) is 24.3 Å². The number of hydrogen-bond acceptors (Lipinski definition) is 3. The zero-order valence-corrected chi connectivity index (χ0v) is 17.0. The van der Waals surface area contributed by atoms with Gasteiger partial charge in [0.05, 0.1) is 0 Å². The van der Waals surface area contributed by atoms with Crippen LogP contribution in [0.15, 0.2) is 79.0 Å². The predicted molar refractivity (Wildman–Crippen MR) is 116 cm³/mol. The molecule has 3 rings (SSSR count). The van der Waals surface area contributed by atoms with Gasteiger partial charge in [-0.05, 0) is 59.5 Å². The van der Waals surface area contributed by atoms with Gasteiger partial charge in [-0.15, -0.1) is 0 Å². The van der Waals surface area contributed by atoms with Gasteiger partial charge in [-0.25, -0.2) is 8.78 Å². The van der Waals surface area contributed by atoms with Gasteiger partial charge < -0.3 is 15.8 Å². The van der Waals surface area contributed by atoms with Crippen LogP contribution in [-0.4, -0.2) is 6.04 Å². The molecule has 0 saturated carbocycles. The van der Waals surface area contributed by atoms with E-state index in [2.05, 4.69) is 11.9 Å². The molecule has 0 saturated heterocycles. The van der Waals surface area contributed by atoms with Crippen LogP contribution in [0.4, 0.5) is 8.78 Å². The van der Waals surface area contributed by atoms with Gasteiger partial charge in [-0.1, -0.05) is 43.0 Å². The number of rotatable bonds is 9. The lowest BCUT2D eigenvalue weighted by atomic mass is 10.0. The van der Waals surface area contributed by atoms with Crippen molar-refractivity contribution >= 4 is 0 Å². The molecule has 3 aromatic carbocycles. The topological polar surface area (TPSA) is 47.3 Å². The molecular formula is C25H26F2N2O. The number of nitrogens with two attached hydrogens (primary N) is 1. The molecular weight excluding hydrogens is 382 g/mol. The Labute approximate surface area is 176 Å². The predicted octanol–water partition coefficient (Wildman–Crippen LogP) is 5.09. The summed E-state index contributed by atoms with van der Waals surface area (Å²) in [5.41, 5.74) is 9.88. The number of halogens is 2. The van der Waals surface area contributed by atoms with Crippen molar-refractivity contribution in [3.05, 3.63) is 113 Å². The summed E-state index contributed by atoms with van der Waals surface area (Å²) < 4.78 is 33.1. The molecule has 3 N–H and O–H groups in total. The maximum atomic E-state index is 13.6. The van der Waals surface area contributed by atoms with E-state index < -0.39 is 0 Å². The summed E-state index contributed by atoms with van der Waals surface area (Å²) in [7, 11) is 0. The summed E-state index contributed by atoms with van der Waals surface area (Å²) in [5, 5.41) is 3.32. The Morgan fingerprint density at radius 2 is 1.63 bits per heavy atom. The molecule has 1 atom stereocenters. The Kier molecular flexibility index (Phi) is 7.20. The molecule has 3 nitrogen and oxygen atoms in total. The molecule has 156 valence electrons. The molecule has 0 aliphatic rings. The van der Waals surface area contributed by atoms with E-state index in [0.717, 1.165) is 22.3 Å². The Morgan fingerprint density at radius 1 is 0.967 bits per heavy atom. The lowest BCUT2D eigenvalue weighted by Crippen LogP contribution is -2.30. The smallest absolute Gasteiger partial charge is 0.123 e. The van der Waals surface area contributed by atoms with Crippen LogP contribution in [0.25, 0.3) is 0 Å². The molecule has 0 aromatic heterocycles. The quantitative estimate of drug-likeness (QED) is 0.519. The first-order valence-electron chi connectivity index (χ1n) is 9.82. The van der Waals surface area contributed by atoms with Crippen molar-refractivity contribution in [2.45, 2.75) is 32.5 Å². The Balaban J connectivity index is 1.81. The summed E-state index contributed by atoms with van der Waals surface area (Å²) in [6, 6.07) is 18.7. The largest absolute Gasteiger partial charge is 0.489 e. The zero-order valence-electron chi connectivity index (χ0n) is 17.0. The lowest BCUT2D eigenvalue weighted by Gasteiger charge is -2.16. The SMILES string of the molecule is C=C(N)C(C)NCc1ccc(OCc2cccc(F)c2)c(Cc2cccc(F)c2)c1. The third-order valence-corrected chi connectivity index (χ3v) is 4.86. The van der Waals surface area contributed by atoms with Crippen LogP contribution in [0.3, 0.4) is 0 Å². The molecule has 0 bridgehead atoms. The van der Waals surface area contributed by atoms with Crippen molar-refractivity contribution in [3.63, 3.8) is 0 Å². The first-order valence-corrected chi connectivity index (χ1v) is 9.82. The lowest BCUT2D eigenvalue weighted by molar-refractivity contribution is 0.302. The highest BCUT2D eigenvalue weighted by atomic mass is 19.1. The monoisotopic (exact) mass is 408 g/mol. The van der Waals surface area contributed by atoms with Gasteiger partial charge in [0.25, 0.3) is 0 Å². The van der Waals surface area contributed by atoms with Crippen LogP contribution in [0, 0.1) is 11.6 Å². The highest BCUT2D eigenvalue weighted by Gasteiger charge is 2.10. The molecule has 0 aliphatic heterocycles. The third kappa shape index (κ3) is 6.16. The van der Waals surface area contributed by atoms with Crippen LogP contribution in [0.1, 0.15) is 29.2 Å². The molecule has 5 heteroatoms. The van der Waals surface area contributed by atoms with Crippen molar-refractivity contribution in [2.24, 2.45) is 5.73 Å². The molecule has 0 amide bonds. The van der Waals surface area contributed by atoms with Crippen LogP contribution in [0.5, 0.6) is 5.75 Å². The fraction of sp³-hybridized carbons (Fsp3) is 0.200. The average Bonchev–Trinajstić information content (AvgIpc) is 2.71. The van der Waals surface area contributed by atoms with Gasteiger partial charge in [0, 0.05) is 24.7 Å². The Bertz CT molecular complexity index is 1020. The van der Waals surface area contributed by atoms with Gasteiger partial charge in [-0.2, -0.15) is 0 Å². The van der Waals surface area contributed by atoms with E-state index >= 15 is 0 Å². The van der Waals surface area contributed by atoms with Gasteiger partial charge >= 0.3 is 0 Å². The minimum atomic E-state index is -0.298. The van der Waals surface area contributed by atoms with Crippen molar-refractivity contribution in [3.8, 4) is 5.75 Å². The second-order valence-corrected chi connectivity index (χ2v) is 7.34. The van der Waals surface area contributed by atoms with E-state index in [9.17, 15) is 8.78 Å².